The molecule has 4 nitrogen and oxygen atoms in total. The molecule has 1 saturated carbocycles. The van der Waals surface area contributed by atoms with Crippen molar-refractivity contribution in [3.63, 3.8) is 0 Å². The Labute approximate surface area is 118 Å². The standard InChI is InChI=1S/C16H21N3O/c1-16(17,12-6-7-12)15(20)18-9-8-11-10-19-14-5-3-2-4-13(11)14/h2-5,10,12,19H,6-9,17H2,1H3,(H,18,20). The Bertz CT molecular complexity index is 625. The third-order valence-corrected chi connectivity index (χ3v) is 4.27. The van der Waals surface area contributed by atoms with Crippen LogP contribution in [0.5, 0.6) is 0 Å². The molecule has 1 fully saturated rings. The Hall–Kier alpha value is -1.81. The van der Waals surface area contributed by atoms with E-state index < -0.39 is 5.54 Å². The first-order valence-electron chi connectivity index (χ1n) is 7.21. The maximum absolute atomic E-state index is 12.1. The van der Waals surface area contributed by atoms with Crippen LogP contribution in [0.25, 0.3) is 10.9 Å². The van der Waals surface area contributed by atoms with E-state index >= 15 is 0 Å². The Morgan fingerprint density at radius 1 is 1.45 bits per heavy atom. The van der Waals surface area contributed by atoms with Crippen LogP contribution >= 0.6 is 0 Å². The van der Waals surface area contributed by atoms with E-state index in [4.69, 9.17) is 5.73 Å². The van der Waals surface area contributed by atoms with E-state index in [1.807, 2.05) is 25.3 Å². The lowest BCUT2D eigenvalue weighted by Gasteiger charge is -2.23. The zero-order valence-electron chi connectivity index (χ0n) is 11.8. The molecule has 3 rings (SSSR count). The highest BCUT2D eigenvalue weighted by Crippen LogP contribution is 2.38. The highest BCUT2D eigenvalue weighted by molar-refractivity contribution is 5.86. The van der Waals surface area contributed by atoms with Gasteiger partial charge in [0.1, 0.15) is 0 Å². The SMILES string of the molecule is CC(N)(C(=O)NCCc1c[nH]c2ccccc12)C1CC1. The van der Waals surface area contributed by atoms with Gasteiger partial charge in [-0.1, -0.05) is 18.2 Å². The molecule has 1 aliphatic carbocycles. The highest BCUT2D eigenvalue weighted by Gasteiger charge is 2.43. The smallest absolute Gasteiger partial charge is 0.240 e. The van der Waals surface area contributed by atoms with Crippen LogP contribution < -0.4 is 11.1 Å². The molecule has 1 atom stereocenters. The van der Waals surface area contributed by atoms with Gasteiger partial charge in [-0.15, -0.1) is 0 Å². The lowest BCUT2D eigenvalue weighted by molar-refractivity contribution is -0.126. The van der Waals surface area contributed by atoms with Crippen molar-refractivity contribution in [1.82, 2.24) is 10.3 Å². The number of hydrogen-bond donors (Lipinski definition) is 3. The van der Waals surface area contributed by atoms with Gasteiger partial charge in [0.2, 0.25) is 5.91 Å². The van der Waals surface area contributed by atoms with Crippen LogP contribution in [0.3, 0.4) is 0 Å². The lowest BCUT2D eigenvalue weighted by Crippen LogP contribution is -2.53. The number of H-pyrrole nitrogens is 1. The van der Waals surface area contributed by atoms with Crippen LogP contribution in [0.2, 0.25) is 0 Å². The minimum absolute atomic E-state index is 0.0279. The average molecular weight is 271 g/mol. The van der Waals surface area contributed by atoms with Crippen LogP contribution in [0.15, 0.2) is 30.5 Å². The summed E-state index contributed by atoms with van der Waals surface area (Å²) in [7, 11) is 0. The number of aromatic amines is 1. The molecule has 0 aliphatic heterocycles. The summed E-state index contributed by atoms with van der Waals surface area (Å²) in [5, 5.41) is 4.19. The number of hydrogen-bond acceptors (Lipinski definition) is 2. The normalized spacial score (nSPS) is 17.9. The molecule has 1 unspecified atom stereocenters. The van der Waals surface area contributed by atoms with Crippen molar-refractivity contribution >= 4 is 16.8 Å². The average Bonchev–Trinajstić information content (AvgIpc) is 3.22. The second-order valence-electron chi connectivity index (χ2n) is 5.92. The van der Waals surface area contributed by atoms with Gasteiger partial charge in [-0.05, 0) is 43.7 Å². The summed E-state index contributed by atoms with van der Waals surface area (Å²) in [5.74, 6) is 0.329. The van der Waals surface area contributed by atoms with Crippen LogP contribution in [0.1, 0.15) is 25.3 Å². The number of carbonyl (C=O) groups is 1. The third kappa shape index (κ3) is 2.43. The molecule has 0 radical (unpaired) electrons. The second-order valence-corrected chi connectivity index (χ2v) is 5.92. The Kier molecular flexibility index (Phi) is 3.26. The zero-order valence-corrected chi connectivity index (χ0v) is 11.8. The predicted molar refractivity (Wildman–Crippen MR) is 80.3 cm³/mol. The van der Waals surface area contributed by atoms with Gasteiger partial charge in [0.05, 0.1) is 5.54 Å². The van der Waals surface area contributed by atoms with Gasteiger partial charge in [0.25, 0.3) is 0 Å². The van der Waals surface area contributed by atoms with Crippen molar-refractivity contribution in [2.45, 2.75) is 31.7 Å². The minimum Gasteiger partial charge on any atom is -0.361 e. The van der Waals surface area contributed by atoms with Crippen molar-refractivity contribution in [3.8, 4) is 0 Å². The fraction of sp³-hybridized carbons (Fsp3) is 0.438. The van der Waals surface area contributed by atoms with Crippen molar-refractivity contribution in [2.75, 3.05) is 6.54 Å². The predicted octanol–water partition coefficient (Wildman–Crippen LogP) is 1.95. The number of carbonyl (C=O) groups excluding carboxylic acids is 1. The fourth-order valence-corrected chi connectivity index (χ4v) is 2.71. The molecule has 0 bridgehead atoms. The summed E-state index contributed by atoms with van der Waals surface area (Å²) in [5.41, 5.74) is 7.75. The van der Waals surface area contributed by atoms with Gasteiger partial charge in [0.15, 0.2) is 0 Å². The third-order valence-electron chi connectivity index (χ3n) is 4.27. The van der Waals surface area contributed by atoms with E-state index in [0.29, 0.717) is 12.5 Å². The zero-order chi connectivity index (χ0) is 14.2. The van der Waals surface area contributed by atoms with E-state index in [9.17, 15) is 4.79 Å². The number of nitrogens with two attached hydrogens (primary N) is 1. The molecule has 4 heteroatoms. The van der Waals surface area contributed by atoms with Crippen LogP contribution in [-0.2, 0) is 11.2 Å². The number of fused-ring (bicyclic) bond motifs is 1. The van der Waals surface area contributed by atoms with Crippen LogP contribution in [0.4, 0.5) is 0 Å². The van der Waals surface area contributed by atoms with Crippen molar-refractivity contribution in [1.29, 1.82) is 0 Å². The van der Waals surface area contributed by atoms with E-state index in [0.717, 1.165) is 24.8 Å². The van der Waals surface area contributed by atoms with Gasteiger partial charge >= 0.3 is 0 Å². The number of amides is 1. The first-order chi connectivity index (χ1) is 9.59. The molecular formula is C16H21N3O. The summed E-state index contributed by atoms with van der Waals surface area (Å²) in [6.07, 6.45) is 4.97. The summed E-state index contributed by atoms with van der Waals surface area (Å²) >= 11 is 0. The summed E-state index contributed by atoms with van der Waals surface area (Å²) in [4.78, 5) is 15.3. The number of aromatic nitrogens is 1. The molecule has 2 aromatic rings. The second kappa shape index (κ2) is 4.94. The molecular weight excluding hydrogens is 250 g/mol. The first kappa shape index (κ1) is 13.2. The molecule has 20 heavy (non-hydrogen) atoms. The minimum atomic E-state index is -0.708. The van der Waals surface area contributed by atoms with Gasteiger partial charge in [-0.2, -0.15) is 0 Å². The molecule has 0 saturated heterocycles. The van der Waals surface area contributed by atoms with Crippen LogP contribution in [-0.4, -0.2) is 23.0 Å². The Morgan fingerprint density at radius 3 is 2.95 bits per heavy atom. The van der Waals surface area contributed by atoms with Crippen LogP contribution in [0, 0.1) is 5.92 Å². The number of nitrogens with one attached hydrogen (secondary N) is 2. The molecule has 4 N–H and O–H groups in total. The summed E-state index contributed by atoms with van der Waals surface area (Å²) < 4.78 is 0. The molecule has 1 aromatic carbocycles. The maximum atomic E-state index is 12.1. The van der Waals surface area contributed by atoms with E-state index in [-0.39, 0.29) is 5.91 Å². The maximum Gasteiger partial charge on any atom is 0.240 e. The highest BCUT2D eigenvalue weighted by atomic mass is 16.2. The van der Waals surface area contributed by atoms with E-state index in [2.05, 4.69) is 22.4 Å². The molecule has 1 heterocycles. The Morgan fingerprint density at radius 2 is 2.20 bits per heavy atom. The first-order valence-corrected chi connectivity index (χ1v) is 7.21. The van der Waals surface area contributed by atoms with Crippen molar-refractivity contribution < 1.29 is 4.79 Å². The lowest BCUT2D eigenvalue weighted by atomic mass is 9.96. The van der Waals surface area contributed by atoms with Crippen molar-refractivity contribution in [3.05, 3.63) is 36.0 Å². The molecule has 1 amide bonds. The van der Waals surface area contributed by atoms with Gasteiger partial charge in [0, 0.05) is 23.6 Å². The van der Waals surface area contributed by atoms with Gasteiger partial charge in [-0.3, -0.25) is 4.79 Å². The largest absolute Gasteiger partial charge is 0.361 e. The van der Waals surface area contributed by atoms with Crippen molar-refractivity contribution in [2.24, 2.45) is 11.7 Å². The fourth-order valence-electron chi connectivity index (χ4n) is 2.71. The summed E-state index contributed by atoms with van der Waals surface area (Å²) in [6.45, 7) is 2.46. The monoisotopic (exact) mass is 271 g/mol. The van der Waals surface area contributed by atoms with Gasteiger partial charge < -0.3 is 16.0 Å². The number of rotatable bonds is 5. The Balaban J connectivity index is 1.59. The topological polar surface area (TPSA) is 70.9 Å². The number of para-hydroxylation sites is 1. The quantitative estimate of drug-likeness (QED) is 0.778. The molecule has 106 valence electrons. The molecule has 0 spiro atoms. The van der Waals surface area contributed by atoms with E-state index in [1.54, 1.807) is 0 Å². The van der Waals surface area contributed by atoms with E-state index in [1.165, 1.54) is 10.9 Å². The molecule has 1 aromatic heterocycles. The summed E-state index contributed by atoms with van der Waals surface area (Å²) in [6, 6.07) is 8.20. The van der Waals surface area contributed by atoms with Gasteiger partial charge in [-0.25, -0.2) is 0 Å². The number of benzene rings is 1. The molecule has 1 aliphatic rings.